The predicted molar refractivity (Wildman–Crippen MR) is 90.3 cm³/mol. The Labute approximate surface area is 130 Å². The Hall–Kier alpha value is -2.62. The van der Waals surface area contributed by atoms with E-state index >= 15 is 0 Å². The third-order valence-corrected chi connectivity index (χ3v) is 3.29. The molecule has 1 unspecified atom stereocenters. The lowest BCUT2D eigenvalue weighted by Gasteiger charge is -2.06. The second-order valence-corrected chi connectivity index (χ2v) is 5.13. The van der Waals surface area contributed by atoms with Crippen LogP contribution in [0.25, 0.3) is 0 Å². The van der Waals surface area contributed by atoms with Crippen LogP contribution in [0.4, 0.5) is 0 Å². The molecular formula is C18H20N2O2. The first-order valence-electron chi connectivity index (χ1n) is 7.18. The number of aromatic hydroxyl groups is 2. The molecule has 0 aromatic heterocycles. The van der Waals surface area contributed by atoms with Gasteiger partial charge in [-0.05, 0) is 38.1 Å². The number of phenols is 2. The number of rotatable bonds is 5. The molecule has 2 aromatic carbocycles. The van der Waals surface area contributed by atoms with Crippen LogP contribution in [0.1, 0.15) is 25.0 Å². The van der Waals surface area contributed by atoms with Gasteiger partial charge in [0.05, 0.1) is 12.6 Å². The molecule has 2 rings (SSSR count). The molecule has 0 aliphatic heterocycles. The largest absolute Gasteiger partial charge is 0.507 e. The van der Waals surface area contributed by atoms with Crippen LogP contribution in [0.15, 0.2) is 58.5 Å². The van der Waals surface area contributed by atoms with Gasteiger partial charge in [-0.3, -0.25) is 9.98 Å². The number of aliphatic imine (C=N–C) groups is 2. The molecule has 0 radical (unpaired) electrons. The third kappa shape index (κ3) is 4.19. The molecular weight excluding hydrogens is 276 g/mol. The molecule has 114 valence electrons. The number of phenolic OH excluding ortho intramolecular Hbond substituents is 2. The smallest absolute Gasteiger partial charge is 0.124 e. The highest BCUT2D eigenvalue weighted by molar-refractivity contribution is 6.01. The van der Waals surface area contributed by atoms with Gasteiger partial charge in [-0.25, -0.2) is 0 Å². The van der Waals surface area contributed by atoms with Crippen LogP contribution < -0.4 is 0 Å². The zero-order valence-electron chi connectivity index (χ0n) is 12.8. The van der Waals surface area contributed by atoms with Crippen LogP contribution in [-0.4, -0.2) is 34.7 Å². The molecule has 4 nitrogen and oxygen atoms in total. The number of nitrogens with zero attached hydrogens (tertiary/aromatic N) is 2. The number of hydrogen-bond acceptors (Lipinski definition) is 4. The Kier molecular flexibility index (Phi) is 5.31. The minimum atomic E-state index is -0.0135. The number of benzene rings is 2. The van der Waals surface area contributed by atoms with Gasteiger partial charge in [-0.1, -0.05) is 24.3 Å². The fourth-order valence-electron chi connectivity index (χ4n) is 1.99. The second kappa shape index (κ2) is 7.41. The minimum absolute atomic E-state index is 0.0135. The summed E-state index contributed by atoms with van der Waals surface area (Å²) in [4.78, 5) is 8.86. The van der Waals surface area contributed by atoms with E-state index in [0.717, 1.165) is 11.3 Å². The highest BCUT2D eigenvalue weighted by Gasteiger charge is 2.04. The predicted octanol–water partition coefficient (Wildman–Crippen LogP) is 3.41. The van der Waals surface area contributed by atoms with Gasteiger partial charge in [0.2, 0.25) is 0 Å². The van der Waals surface area contributed by atoms with Crippen molar-refractivity contribution in [2.45, 2.75) is 19.9 Å². The van der Waals surface area contributed by atoms with Crippen molar-refractivity contribution in [3.8, 4) is 11.5 Å². The molecule has 2 aromatic rings. The molecule has 0 saturated carbocycles. The van der Waals surface area contributed by atoms with E-state index in [1.54, 1.807) is 30.5 Å². The molecule has 1 atom stereocenters. The van der Waals surface area contributed by atoms with Crippen molar-refractivity contribution in [2.24, 2.45) is 9.98 Å². The van der Waals surface area contributed by atoms with Crippen LogP contribution in [0, 0.1) is 0 Å². The summed E-state index contributed by atoms with van der Waals surface area (Å²) in [5.74, 6) is 0.446. The monoisotopic (exact) mass is 296 g/mol. The SMILES string of the molecule is CC(=NCC(C)N=Cc1ccccc1O)c1ccccc1O. The fraction of sp³-hybridized carbons (Fsp3) is 0.222. The van der Waals surface area contributed by atoms with E-state index in [0.29, 0.717) is 12.1 Å². The summed E-state index contributed by atoms with van der Waals surface area (Å²) < 4.78 is 0. The summed E-state index contributed by atoms with van der Waals surface area (Å²) in [6.07, 6.45) is 1.66. The average Bonchev–Trinajstić information content (AvgIpc) is 2.52. The summed E-state index contributed by atoms with van der Waals surface area (Å²) in [5, 5.41) is 19.5. The highest BCUT2D eigenvalue weighted by Crippen LogP contribution is 2.17. The Balaban J connectivity index is 2.01. The average molecular weight is 296 g/mol. The van der Waals surface area contributed by atoms with Crippen LogP contribution in [-0.2, 0) is 0 Å². The summed E-state index contributed by atoms with van der Waals surface area (Å²) in [6, 6.07) is 14.2. The van der Waals surface area contributed by atoms with Gasteiger partial charge in [0, 0.05) is 23.1 Å². The first-order chi connectivity index (χ1) is 10.6. The fourth-order valence-corrected chi connectivity index (χ4v) is 1.99. The Morgan fingerprint density at radius 3 is 2.36 bits per heavy atom. The Bertz CT molecular complexity index is 693. The van der Waals surface area contributed by atoms with Crippen LogP contribution >= 0.6 is 0 Å². The maximum absolute atomic E-state index is 9.79. The molecule has 0 aliphatic rings. The van der Waals surface area contributed by atoms with E-state index in [-0.39, 0.29) is 17.5 Å². The van der Waals surface area contributed by atoms with Crippen molar-refractivity contribution in [3.05, 3.63) is 59.7 Å². The van der Waals surface area contributed by atoms with E-state index in [4.69, 9.17) is 0 Å². The van der Waals surface area contributed by atoms with E-state index < -0.39 is 0 Å². The lowest BCUT2D eigenvalue weighted by atomic mass is 10.1. The molecule has 0 amide bonds. The van der Waals surface area contributed by atoms with Crippen molar-refractivity contribution in [1.82, 2.24) is 0 Å². The van der Waals surface area contributed by atoms with Gasteiger partial charge < -0.3 is 10.2 Å². The number of para-hydroxylation sites is 2. The van der Waals surface area contributed by atoms with E-state index in [1.165, 1.54) is 0 Å². The second-order valence-electron chi connectivity index (χ2n) is 5.13. The van der Waals surface area contributed by atoms with Crippen molar-refractivity contribution in [3.63, 3.8) is 0 Å². The van der Waals surface area contributed by atoms with Gasteiger partial charge in [-0.2, -0.15) is 0 Å². The van der Waals surface area contributed by atoms with Gasteiger partial charge in [-0.15, -0.1) is 0 Å². The zero-order chi connectivity index (χ0) is 15.9. The molecule has 22 heavy (non-hydrogen) atoms. The maximum atomic E-state index is 9.79. The van der Waals surface area contributed by atoms with Gasteiger partial charge >= 0.3 is 0 Å². The van der Waals surface area contributed by atoms with E-state index in [1.807, 2.05) is 38.1 Å². The minimum Gasteiger partial charge on any atom is -0.507 e. The summed E-state index contributed by atoms with van der Waals surface area (Å²) >= 11 is 0. The van der Waals surface area contributed by atoms with Crippen LogP contribution in [0.5, 0.6) is 11.5 Å². The van der Waals surface area contributed by atoms with Gasteiger partial charge in [0.1, 0.15) is 11.5 Å². The topological polar surface area (TPSA) is 65.2 Å². The Morgan fingerprint density at radius 2 is 1.68 bits per heavy atom. The molecule has 0 saturated heterocycles. The quantitative estimate of drug-likeness (QED) is 0.830. The van der Waals surface area contributed by atoms with E-state index in [2.05, 4.69) is 9.98 Å². The number of hydrogen-bond donors (Lipinski definition) is 2. The zero-order valence-corrected chi connectivity index (χ0v) is 12.8. The molecule has 0 bridgehead atoms. The summed E-state index contributed by atoms with van der Waals surface area (Å²) in [7, 11) is 0. The van der Waals surface area contributed by atoms with Crippen LogP contribution in [0.2, 0.25) is 0 Å². The lowest BCUT2D eigenvalue weighted by Crippen LogP contribution is -2.06. The van der Waals surface area contributed by atoms with Gasteiger partial charge in [0.25, 0.3) is 0 Å². The molecule has 4 heteroatoms. The van der Waals surface area contributed by atoms with Crippen molar-refractivity contribution < 1.29 is 10.2 Å². The molecule has 0 heterocycles. The Morgan fingerprint density at radius 1 is 1.05 bits per heavy atom. The first-order valence-corrected chi connectivity index (χ1v) is 7.18. The standard InChI is InChI=1S/C18H20N2O2/c1-13(19-12-15-7-3-5-9-17(15)21)11-20-14(2)16-8-4-6-10-18(16)22/h3-10,12-13,21-22H,11H2,1-2H3. The van der Waals surface area contributed by atoms with Crippen LogP contribution in [0.3, 0.4) is 0 Å². The molecule has 0 spiro atoms. The first kappa shape index (κ1) is 15.8. The van der Waals surface area contributed by atoms with Crippen molar-refractivity contribution in [2.75, 3.05) is 6.54 Å². The molecule has 0 fully saturated rings. The highest BCUT2D eigenvalue weighted by atomic mass is 16.3. The molecule has 0 aliphatic carbocycles. The lowest BCUT2D eigenvalue weighted by molar-refractivity contribution is 0.473. The summed E-state index contributed by atoms with van der Waals surface area (Å²) in [5.41, 5.74) is 2.21. The van der Waals surface area contributed by atoms with Crippen molar-refractivity contribution >= 4 is 11.9 Å². The molecule has 2 N–H and O–H groups in total. The van der Waals surface area contributed by atoms with Crippen molar-refractivity contribution in [1.29, 1.82) is 0 Å². The normalized spacial score (nSPS) is 13.5. The van der Waals surface area contributed by atoms with E-state index in [9.17, 15) is 10.2 Å². The maximum Gasteiger partial charge on any atom is 0.124 e. The summed E-state index contributed by atoms with van der Waals surface area (Å²) in [6.45, 7) is 4.34. The van der Waals surface area contributed by atoms with Gasteiger partial charge in [0.15, 0.2) is 0 Å². The third-order valence-electron chi connectivity index (χ3n) is 3.29.